The zero-order valence-electron chi connectivity index (χ0n) is 23.9. The lowest BCUT2D eigenvalue weighted by Gasteiger charge is -2.16. The summed E-state index contributed by atoms with van der Waals surface area (Å²) in [6.45, 7) is 15.5. The van der Waals surface area contributed by atoms with Crippen molar-refractivity contribution in [1.29, 1.82) is 10.5 Å². The summed E-state index contributed by atoms with van der Waals surface area (Å²) in [6, 6.07) is 45.4. The number of rotatable bonds is 4. The predicted molar refractivity (Wildman–Crippen MR) is 179 cm³/mol. The minimum atomic E-state index is 0.468. The van der Waals surface area contributed by atoms with Crippen LogP contribution in [0.25, 0.3) is 70.6 Å². The van der Waals surface area contributed by atoms with Gasteiger partial charge in [0.2, 0.25) is 0 Å². The van der Waals surface area contributed by atoms with Gasteiger partial charge in [-0.3, -0.25) is 0 Å². The lowest BCUT2D eigenvalue weighted by molar-refractivity contribution is 1.18. The molecule has 7 aromatic rings. The van der Waals surface area contributed by atoms with Crippen molar-refractivity contribution in [3.63, 3.8) is 0 Å². The number of aromatic nitrogens is 1. The van der Waals surface area contributed by atoms with Gasteiger partial charge in [-0.2, -0.15) is 10.5 Å². The molecule has 0 fully saturated rings. The van der Waals surface area contributed by atoms with E-state index in [0.29, 0.717) is 22.5 Å². The zero-order valence-corrected chi connectivity index (χ0v) is 23.9. The van der Waals surface area contributed by atoms with E-state index in [1.165, 1.54) is 0 Å². The van der Waals surface area contributed by atoms with Crippen LogP contribution in [-0.4, -0.2) is 4.57 Å². The van der Waals surface area contributed by atoms with Gasteiger partial charge in [0.25, 0.3) is 0 Å². The Morgan fingerprint density at radius 1 is 0.511 bits per heavy atom. The van der Waals surface area contributed by atoms with Gasteiger partial charge in [0.1, 0.15) is 6.07 Å². The zero-order chi connectivity index (χ0) is 30.9. The van der Waals surface area contributed by atoms with Crippen molar-refractivity contribution >= 4 is 33.2 Å². The molecule has 45 heavy (non-hydrogen) atoms. The van der Waals surface area contributed by atoms with Gasteiger partial charge < -0.3 is 4.57 Å². The highest BCUT2D eigenvalue weighted by molar-refractivity contribution is 6.11. The minimum absolute atomic E-state index is 0.468. The Morgan fingerprint density at radius 2 is 1.09 bits per heavy atom. The molecule has 0 N–H and O–H groups in total. The van der Waals surface area contributed by atoms with Gasteiger partial charge in [0.15, 0.2) is 11.4 Å². The maximum absolute atomic E-state index is 10.4. The molecular formula is C40H21N5. The number of hydrogen-bond donors (Lipinski definition) is 0. The predicted octanol–water partition coefficient (Wildman–Crippen LogP) is 10.6. The van der Waals surface area contributed by atoms with Crippen LogP contribution in [0, 0.1) is 35.8 Å². The van der Waals surface area contributed by atoms with E-state index in [1.807, 2.05) is 109 Å². The molecule has 6 aromatic carbocycles. The van der Waals surface area contributed by atoms with Gasteiger partial charge >= 0.3 is 0 Å². The van der Waals surface area contributed by atoms with Crippen molar-refractivity contribution in [2.24, 2.45) is 0 Å². The molecule has 0 saturated heterocycles. The van der Waals surface area contributed by atoms with Crippen molar-refractivity contribution in [1.82, 2.24) is 4.57 Å². The van der Waals surface area contributed by atoms with Crippen molar-refractivity contribution in [2.75, 3.05) is 0 Å². The highest BCUT2D eigenvalue weighted by Crippen LogP contribution is 2.40. The molecule has 0 unspecified atom stereocenters. The quantitative estimate of drug-likeness (QED) is 0.197. The molecule has 1 heterocycles. The number of nitrogens with zero attached hydrogens (tertiary/aromatic N) is 5. The van der Waals surface area contributed by atoms with Gasteiger partial charge in [-0.25, -0.2) is 9.69 Å². The van der Waals surface area contributed by atoms with Crippen LogP contribution in [-0.2, 0) is 0 Å². The van der Waals surface area contributed by atoms with E-state index in [-0.39, 0.29) is 0 Å². The molecule has 5 heteroatoms. The minimum Gasteiger partial charge on any atom is -0.311 e. The molecule has 206 valence electrons. The third kappa shape index (κ3) is 4.65. The summed E-state index contributed by atoms with van der Waals surface area (Å²) in [4.78, 5) is 7.47. The molecule has 0 aliphatic rings. The maximum Gasteiger partial charge on any atom is 0.189 e. The van der Waals surface area contributed by atoms with Crippen molar-refractivity contribution < 1.29 is 0 Å². The summed E-state index contributed by atoms with van der Waals surface area (Å²) in [5.74, 6) is 0. The molecule has 0 saturated carbocycles. The molecule has 5 nitrogen and oxygen atoms in total. The van der Waals surface area contributed by atoms with Gasteiger partial charge in [0, 0.05) is 22.2 Å². The van der Waals surface area contributed by atoms with Gasteiger partial charge in [-0.15, -0.1) is 0 Å². The Hall–Kier alpha value is -6.92. The summed E-state index contributed by atoms with van der Waals surface area (Å²) in [6.07, 6.45) is 0. The standard InChI is InChI=1S/C40H21N5/c1-43-31-14-16-40-37(23-31)36-17-26(24-41)13-15-39(36)45(40)33-19-29(18-32(22-33)44-2)30-20-34(27-9-5-3-6-10-27)38(25-42)35(21-30)28-11-7-4-8-12-28/h3-23H. The number of nitriles is 2. The second kappa shape index (κ2) is 11.1. The normalized spacial score (nSPS) is 10.6. The number of hydrogen-bond acceptors (Lipinski definition) is 2. The summed E-state index contributed by atoms with van der Waals surface area (Å²) < 4.78 is 2.08. The fourth-order valence-electron chi connectivity index (χ4n) is 6.00. The first-order valence-corrected chi connectivity index (χ1v) is 14.2. The Bertz CT molecular complexity index is 2330. The maximum atomic E-state index is 10.4. The van der Waals surface area contributed by atoms with Gasteiger partial charge in [0.05, 0.1) is 41.4 Å². The second-order valence-electron chi connectivity index (χ2n) is 10.6. The van der Waals surface area contributed by atoms with Crippen LogP contribution in [0.3, 0.4) is 0 Å². The fraction of sp³-hybridized carbons (Fsp3) is 0. The molecule has 0 spiro atoms. The van der Waals surface area contributed by atoms with Crippen molar-refractivity contribution in [3.05, 3.63) is 161 Å². The van der Waals surface area contributed by atoms with Crippen molar-refractivity contribution in [2.45, 2.75) is 0 Å². The van der Waals surface area contributed by atoms with E-state index >= 15 is 0 Å². The van der Waals surface area contributed by atoms with Crippen LogP contribution < -0.4 is 0 Å². The van der Waals surface area contributed by atoms with E-state index < -0.39 is 0 Å². The summed E-state index contributed by atoms with van der Waals surface area (Å²) in [5.41, 5.74) is 9.83. The van der Waals surface area contributed by atoms with E-state index in [9.17, 15) is 10.5 Å². The molecule has 0 atom stereocenters. The van der Waals surface area contributed by atoms with Crippen LogP contribution in [0.15, 0.2) is 127 Å². The Labute approximate surface area is 260 Å². The Kier molecular flexibility index (Phi) is 6.62. The molecule has 0 bridgehead atoms. The van der Waals surface area contributed by atoms with E-state index in [1.54, 1.807) is 12.1 Å². The van der Waals surface area contributed by atoms with Crippen LogP contribution in [0.4, 0.5) is 11.4 Å². The van der Waals surface area contributed by atoms with Gasteiger partial charge in [-0.1, -0.05) is 66.7 Å². The van der Waals surface area contributed by atoms with Crippen LogP contribution in [0.5, 0.6) is 0 Å². The summed E-state index contributed by atoms with van der Waals surface area (Å²) in [5, 5.41) is 21.7. The Morgan fingerprint density at radius 3 is 1.67 bits per heavy atom. The number of benzene rings is 6. The highest BCUT2D eigenvalue weighted by atomic mass is 15.0. The molecule has 0 radical (unpaired) electrons. The first-order chi connectivity index (χ1) is 22.1. The SMILES string of the molecule is [C-]#[N+]c1cc(-c2cc(-c3ccccc3)c(C#N)c(-c3ccccc3)c2)cc(-n2c3ccc(C#N)cc3c3cc([N+]#[C-])ccc32)c1. The van der Waals surface area contributed by atoms with E-state index in [4.69, 9.17) is 13.1 Å². The van der Waals surface area contributed by atoms with Crippen LogP contribution in [0.1, 0.15) is 11.1 Å². The first kappa shape index (κ1) is 26.9. The second-order valence-corrected chi connectivity index (χ2v) is 10.6. The topological polar surface area (TPSA) is 61.2 Å². The average molecular weight is 572 g/mol. The summed E-state index contributed by atoms with van der Waals surface area (Å²) >= 11 is 0. The highest BCUT2D eigenvalue weighted by Gasteiger charge is 2.18. The average Bonchev–Trinajstić information content (AvgIpc) is 3.44. The monoisotopic (exact) mass is 571 g/mol. The number of fused-ring (bicyclic) bond motifs is 3. The third-order valence-electron chi connectivity index (χ3n) is 8.05. The molecule has 0 aliphatic carbocycles. The smallest absolute Gasteiger partial charge is 0.189 e. The molecular weight excluding hydrogens is 550 g/mol. The molecule has 7 rings (SSSR count). The largest absolute Gasteiger partial charge is 0.311 e. The molecule has 0 amide bonds. The fourth-order valence-corrected chi connectivity index (χ4v) is 6.00. The van der Waals surface area contributed by atoms with Crippen LogP contribution in [0.2, 0.25) is 0 Å². The third-order valence-corrected chi connectivity index (χ3v) is 8.05. The van der Waals surface area contributed by atoms with Gasteiger partial charge in [-0.05, 0) is 88.3 Å². The lowest BCUT2D eigenvalue weighted by atomic mass is 9.88. The molecule has 1 aromatic heterocycles. The van der Waals surface area contributed by atoms with Crippen LogP contribution >= 0.6 is 0 Å². The summed E-state index contributed by atoms with van der Waals surface area (Å²) in [7, 11) is 0. The van der Waals surface area contributed by atoms with E-state index in [0.717, 1.165) is 60.9 Å². The van der Waals surface area contributed by atoms with Crippen molar-refractivity contribution in [3.8, 4) is 51.2 Å². The Balaban J connectivity index is 1.53. The first-order valence-electron chi connectivity index (χ1n) is 14.2. The lowest BCUT2D eigenvalue weighted by Crippen LogP contribution is -1.96. The van der Waals surface area contributed by atoms with E-state index in [2.05, 4.69) is 32.5 Å². The molecule has 0 aliphatic heterocycles.